The summed E-state index contributed by atoms with van der Waals surface area (Å²) in [5.74, 6) is 0. The fourth-order valence-electron chi connectivity index (χ4n) is 2.74. The van der Waals surface area contributed by atoms with E-state index in [1.165, 1.54) is 22.5 Å². The van der Waals surface area contributed by atoms with Crippen LogP contribution in [0.15, 0.2) is 23.1 Å². The Morgan fingerprint density at radius 1 is 1.43 bits per heavy atom. The lowest BCUT2D eigenvalue weighted by Gasteiger charge is -2.35. The van der Waals surface area contributed by atoms with Crippen LogP contribution in [0, 0.1) is 11.3 Å². The number of rotatable bonds is 2. The average molecular weight is 328 g/mol. The van der Waals surface area contributed by atoms with Gasteiger partial charge in [0.25, 0.3) is 0 Å². The van der Waals surface area contributed by atoms with Gasteiger partial charge in [0.1, 0.15) is 6.07 Å². The van der Waals surface area contributed by atoms with E-state index in [0.717, 1.165) is 0 Å². The quantitative estimate of drug-likeness (QED) is 0.859. The summed E-state index contributed by atoms with van der Waals surface area (Å²) in [5.41, 5.74) is 0.262. The number of nitrogens with zero attached hydrogens (tertiary/aromatic N) is 2. The van der Waals surface area contributed by atoms with E-state index in [0.29, 0.717) is 26.2 Å². The van der Waals surface area contributed by atoms with Gasteiger partial charge < -0.3 is 10.1 Å². The van der Waals surface area contributed by atoms with Crippen LogP contribution < -0.4 is 5.32 Å². The molecule has 2 saturated heterocycles. The number of morpholine rings is 1. The molecular weight excluding hydrogens is 314 g/mol. The molecule has 2 fully saturated rings. The Kier molecular flexibility index (Phi) is 3.90. The summed E-state index contributed by atoms with van der Waals surface area (Å²) in [7, 11) is -3.64. The van der Waals surface area contributed by atoms with Gasteiger partial charge in [-0.25, -0.2) is 8.42 Å². The highest BCUT2D eigenvalue weighted by molar-refractivity contribution is 7.89. The van der Waals surface area contributed by atoms with Crippen LogP contribution in [0.4, 0.5) is 0 Å². The number of ether oxygens (including phenoxy) is 1. The lowest BCUT2D eigenvalue weighted by molar-refractivity contribution is -0.0149. The van der Waals surface area contributed by atoms with Crippen LogP contribution in [0.5, 0.6) is 0 Å². The number of sulfonamides is 1. The van der Waals surface area contributed by atoms with Crippen molar-refractivity contribution in [3.8, 4) is 6.07 Å². The van der Waals surface area contributed by atoms with Crippen LogP contribution in [0.1, 0.15) is 5.56 Å². The zero-order valence-electron chi connectivity index (χ0n) is 11.1. The fourth-order valence-corrected chi connectivity index (χ4v) is 4.69. The highest BCUT2D eigenvalue weighted by Crippen LogP contribution is 2.27. The van der Waals surface area contributed by atoms with Crippen molar-refractivity contribution in [1.82, 2.24) is 9.62 Å². The van der Waals surface area contributed by atoms with Gasteiger partial charge in [0, 0.05) is 19.6 Å². The summed E-state index contributed by atoms with van der Waals surface area (Å²) < 4.78 is 32.6. The first kappa shape index (κ1) is 14.8. The molecule has 2 atom stereocenters. The third-order valence-electron chi connectivity index (χ3n) is 3.81. The molecule has 0 aromatic heterocycles. The van der Waals surface area contributed by atoms with E-state index in [2.05, 4.69) is 5.32 Å². The number of fused-ring (bicyclic) bond motifs is 1. The third-order valence-corrected chi connectivity index (χ3v) is 6.04. The molecule has 8 heteroatoms. The van der Waals surface area contributed by atoms with Crippen molar-refractivity contribution in [2.45, 2.75) is 17.0 Å². The SMILES string of the molecule is N#Cc1ccc(S(=O)(=O)N2CCO[C@H]3CNC[C@H]32)cc1Cl. The first-order valence-electron chi connectivity index (χ1n) is 6.58. The standard InChI is InChI=1S/C13H14ClN3O3S/c14-11-5-10(2-1-9(11)6-15)21(18,19)17-3-4-20-13-8-16-7-12(13)17/h1-2,5,12-13,16H,3-4,7-8H2/t12-,13+/m1/s1. The molecule has 6 nitrogen and oxygen atoms in total. The van der Waals surface area contributed by atoms with Crippen LogP contribution in [-0.2, 0) is 14.8 Å². The average Bonchev–Trinajstić information content (AvgIpc) is 2.95. The van der Waals surface area contributed by atoms with Gasteiger partial charge in [0.15, 0.2) is 0 Å². The predicted octanol–water partition coefficient (Wildman–Crippen LogP) is 0.573. The highest BCUT2D eigenvalue weighted by atomic mass is 35.5. The summed E-state index contributed by atoms with van der Waals surface area (Å²) in [5, 5.41) is 12.2. The smallest absolute Gasteiger partial charge is 0.243 e. The largest absolute Gasteiger partial charge is 0.374 e. The Morgan fingerprint density at radius 2 is 2.24 bits per heavy atom. The van der Waals surface area contributed by atoms with Crippen molar-refractivity contribution in [2.75, 3.05) is 26.2 Å². The summed E-state index contributed by atoms with van der Waals surface area (Å²) in [4.78, 5) is 0.110. The fraction of sp³-hybridized carbons (Fsp3) is 0.462. The highest BCUT2D eigenvalue weighted by Gasteiger charge is 2.42. The van der Waals surface area contributed by atoms with Crippen LogP contribution >= 0.6 is 11.6 Å². The summed E-state index contributed by atoms with van der Waals surface area (Å²) >= 11 is 5.94. The Morgan fingerprint density at radius 3 is 2.95 bits per heavy atom. The zero-order chi connectivity index (χ0) is 15.0. The number of nitriles is 1. The second kappa shape index (κ2) is 5.55. The molecule has 0 radical (unpaired) electrons. The van der Waals surface area contributed by atoms with E-state index in [1.54, 1.807) is 0 Å². The number of hydrogen-bond donors (Lipinski definition) is 1. The van der Waals surface area contributed by atoms with E-state index in [1.807, 2.05) is 6.07 Å². The van der Waals surface area contributed by atoms with Gasteiger partial charge >= 0.3 is 0 Å². The van der Waals surface area contributed by atoms with Gasteiger partial charge in [-0.3, -0.25) is 0 Å². The van der Waals surface area contributed by atoms with Crippen molar-refractivity contribution in [1.29, 1.82) is 5.26 Å². The number of halogens is 1. The zero-order valence-corrected chi connectivity index (χ0v) is 12.7. The third kappa shape index (κ3) is 2.54. The molecule has 2 aliphatic rings. The van der Waals surface area contributed by atoms with Gasteiger partial charge in [0.05, 0.1) is 34.2 Å². The Balaban J connectivity index is 1.96. The molecule has 0 amide bonds. The van der Waals surface area contributed by atoms with E-state index >= 15 is 0 Å². The van der Waals surface area contributed by atoms with Gasteiger partial charge in [0.2, 0.25) is 10.0 Å². The Labute approximate surface area is 128 Å². The number of benzene rings is 1. The normalized spacial score (nSPS) is 26.3. The molecule has 21 heavy (non-hydrogen) atoms. The van der Waals surface area contributed by atoms with Gasteiger partial charge in [-0.2, -0.15) is 9.57 Å². The Hall–Kier alpha value is -1.17. The van der Waals surface area contributed by atoms with Crippen molar-refractivity contribution in [3.63, 3.8) is 0 Å². The molecule has 112 valence electrons. The van der Waals surface area contributed by atoms with Crippen molar-refractivity contribution in [3.05, 3.63) is 28.8 Å². The van der Waals surface area contributed by atoms with Crippen molar-refractivity contribution in [2.24, 2.45) is 0 Å². The van der Waals surface area contributed by atoms with Crippen LogP contribution in [0.3, 0.4) is 0 Å². The molecular formula is C13H14ClN3O3S. The van der Waals surface area contributed by atoms with E-state index in [9.17, 15) is 8.42 Å². The molecule has 2 heterocycles. The molecule has 1 N–H and O–H groups in total. The molecule has 1 aromatic rings. The summed E-state index contributed by atoms with van der Waals surface area (Å²) in [6.07, 6.45) is -0.109. The molecule has 0 bridgehead atoms. The van der Waals surface area contributed by atoms with E-state index < -0.39 is 10.0 Å². The minimum atomic E-state index is -3.64. The van der Waals surface area contributed by atoms with Gasteiger partial charge in [-0.1, -0.05) is 11.6 Å². The molecule has 1 aromatic carbocycles. The first-order chi connectivity index (χ1) is 10.0. The van der Waals surface area contributed by atoms with E-state index in [4.69, 9.17) is 21.6 Å². The Bertz CT molecular complexity index is 701. The lowest BCUT2D eigenvalue weighted by atomic mass is 10.2. The summed E-state index contributed by atoms with van der Waals surface area (Å²) in [6, 6.07) is 5.91. The topological polar surface area (TPSA) is 82.4 Å². The van der Waals surface area contributed by atoms with E-state index in [-0.39, 0.29) is 27.6 Å². The first-order valence-corrected chi connectivity index (χ1v) is 8.39. The van der Waals surface area contributed by atoms with Crippen molar-refractivity contribution >= 4 is 21.6 Å². The van der Waals surface area contributed by atoms with Crippen LogP contribution in [-0.4, -0.2) is 51.1 Å². The minimum absolute atomic E-state index is 0.109. The maximum Gasteiger partial charge on any atom is 0.243 e. The molecule has 0 spiro atoms. The maximum atomic E-state index is 12.8. The number of hydrogen-bond acceptors (Lipinski definition) is 5. The second-order valence-corrected chi connectivity index (χ2v) is 7.30. The lowest BCUT2D eigenvalue weighted by Crippen LogP contribution is -2.53. The molecule has 0 aliphatic carbocycles. The summed E-state index contributed by atoms with van der Waals surface area (Å²) in [6.45, 7) is 1.94. The molecule has 0 unspecified atom stereocenters. The second-order valence-electron chi connectivity index (χ2n) is 5.00. The molecule has 0 saturated carbocycles. The van der Waals surface area contributed by atoms with Gasteiger partial charge in [-0.05, 0) is 18.2 Å². The number of nitrogens with one attached hydrogen (secondary N) is 1. The van der Waals surface area contributed by atoms with Crippen LogP contribution in [0.25, 0.3) is 0 Å². The predicted molar refractivity (Wildman–Crippen MR) is 76.5 cm³/mol. The minimum Gasteiger partial charge on any atom is -0.374 e. The monoisotopic (exact) mass is 327 g/mol. The maximum absolute atomic E-state index is 12.8. The van der Waals surface area contributed by atoms with Gasteiger partial charge in [-0.15, -0.1) is 0 Å². The molecule has 3 rings (SSSR count). The van der Waals surface area contributed by atoms with Crippen LogP contribution in [0.2, 0.25) is 5.02 Å². The van der Waals surface area contributed by atoms with Crippen molar-refractivity contribution < 1.29 is 13.2 Å². The molecule has 2 aliphatic heterocycles.